The monoisotopic (exact) mass is 241 g/mol. The first-order chi connectivity index (χ1) is 7.97. The Kier molecular flexibility index (Phi) is 4.66. The summed E-state index contributed by atoms with van der Waals surface area (Å²) in [6.07, 6.45) is 0.676. The molecule has 5 nitrogen and oxygen atoms in total. The van der Waals surface area contributed by atoms with E-state index in [0.717, 1.165) is 0 Å². The summed E-state index contributed by atoms with van der Waals surface area (Å²) >= 11 is 0. The molecule has 1 rings (SSSR count). The van der Waals surface area contributed by atoms with Crippen molar-refractivity contribution in [1.29, 1.82) is 0 Å². The highest BCUT2D eigenvalue weighted by Gasteiger charge is 2.42. The molecule has 0 radical (unpaired) electrons. The Morgan fingerprint density at radius 2 is 2.12 bits per heavy atom. The molecule has 17 heavy (non-hydrogen) atoms. The lowest BCUT2D eigenvalue weighted by Crippen LogP contribution is -2.52. The largest absolute Gasteiger partial charge is 0.465 e. The molecule has 1 amide bonds. The molecule has 0 bridgehead atoms. The third kappa shape index (κ3) is 3.28. The molecular weight excluding hydrogens is 222 g/mol. The molecule has 2 unspecified atom stereocenters. The third-order valence-electron chi connectivity index (χ3n) is 2.75. The van der Waals surface area contributed by atoms with Crippen molar-refractivity contribution < 1.29 is 19.1 Å². The third-order valence-corrected chi connectivity index (χ3v) is 2.75. The molecule has 0 aromatic rings. The zero-order valence-electron chi connectivity index (χ0n) is 10.5. The quantitative estimate of drug-likeness (QED) is 0.575. The van der Waals surface area contributed by atoms with Crippen molar-refractivity contribution in [3.05, 3.63) is 0 Å². The summed E-state index contributed by atoms with van der Waals surface area (Å²) in [4.78, 5) is 35.1. The first kappa shape index (κ1) is 13.7. The first-order valence-electron chi connectivity index (χ1n) is 5.95. The van der Waals surface area contributed by atoms with Gasteiger partial charge >= 0.3 is 5.97 Å². The first-order valence-corrected chi connectivity index (χ1v) is 5.95. The van der Waals surface area contributed by atoms with Crippen LogP contribution in [0.1, 0.15) is 27.2 Å². The smallest absolute Gasteiger partial charge is 0.326 e. The average Bonchev–Trinajstić information content (AvgIpc) is 2.22. The molecule has 0 aliphatic carbocycles. The molecule has 1 aliphatic rings. The summed E-state index contributed by atoms with van der Waals surface area (Å²) < 4.78 is 4.75. The Bertz CT molecular complexity index is 324. The summed E-state index contributed by atoms with van der Waals surface area (Å²) in [5, 5.41) is 2.60. The van der Waals surface area contributed by atoms with E-state index in [1.54, 1.807) is 6.92 Å². The van der Waals surface area contributed by atoms with E-state index in [0.29, 0.717) is 18.9 Å². The van der Waals surface area contributed by atoms with Gasteiger partial charge in [0.05, 0.1) is 6.61 Å². The summed E-state index contributed by atoms with van der Waals surface area (Å²) in [7, 11) is 0. The molecule has 0 aromatic carbocycles. The molecule has 2 atom stereocenters. The van der Waals surface area contributed by atoms with Crippen molar-refractivity contribution in [2.45, 2.75) is 27.2 Å². The molecule has 1 heterocycles. The van der Waals surface area contributed by atoms with Gasteiger partial charge in [-0.2, -0.15) is 0 Å². The van der Waals surface area contributed by atoms with Crippen LogP contribution in [0.4, 0.5) is 0 Å². The van der Waals surface area contributed by atoms with Gasteiger partial charge in [-0.15, -0.1) is 0 Å². The van der Waals surface area contributed by atoms with Gasteiger partial charge in [-0.25, -0.2) is 0 Å². The average molecular weight is 241 g/mol. The molecule has 96 valence electrons. The van der Waals surface area contributed by atoms with Gasteiger partial charge in [0.2, 0.25) is 5.91 Å². The maximum atomic E-state index is 12.0. The number of ketones is 1. The van der Waals surface area contributed by atoms with Crippen LogP contribution < -0.4 is 5.32 Å². The fourth-order valence-corrected chi connectivity index (χ4v) is 2.01. The number of esters is 1. The summed E-state index contributed by atoms with van der Waals surface area (Å²) in [5.41, 5.74) is 0. The molecule has 1 N–H and O–H groups in total. The number of amides is 1. The van der Waals surface area contributed by atoms with Gasteiger partial charge in [0.15, 0.2) is 11.7 Å². The van der Waals surface area contributed by atoms with Gasteiger partial charge in [0, 0.05) is 12.5 Å². The molecule has 0 spiro atoms. The van der Waals surface area contributed by atoms with E-state index in [4.69, 9.17) is 4.74 Å². The number of piperidine rings is 1. The molecule has 1 saturated heterocycles. The second kappa shape index (κ2) is 5.80. The predicted molar refractivity (Wildman–Crippen MR) is 61.1 cm³/mol. The highest BCUT2D eigenvalue weighted by Crippen LogP contribution is 2.21. The number of hydrogen-bond acceptors (Lipinski definition) is 4. The number of ether oxygens (including phenoxy) is 1. The lowest BCUT2D eigenvalue weighted by atomic mass is 9.83. The zero-order valence-corrected chi connectivity index (χ0v) is 10.5. The van der Waals surface area contributed by atoms with Crippen LogP contribution >= 0.6 is 0 Å². The molecule has 0 saturated carbocycles. The second-order valence-electron chi connectivity index (χ2n) is 4.66. The molecule has 0 aromatic heterocycles. The van der Waals surface area contributed by atoms with E-state index < -0.39 is 17.8 Å². The van der Waals surface area contributed by atoms with Crippen LogP contribution in [0.5, 0.6) is 0 Å². The SMILES string of the molecule is CCOC(=O)C1C(=O)NCC(CC(C)C)C1=O. The van der Waals surface area contributed by atoms with Gasteiger partial charge in [-0.3, -0.25) is 14.4 Å². The Hall–Kier alpha value is -1.39. The summed E-state index contributed by atoms with van der Waals surface area (Å²) in [6, 6.07) is 0. The topological polar surface area (TPSA) is 72.5 Å². The maximum absolute atomic E-state index is 12.0. The number of carbonyl (C=O) groups excluding carboxylic acids is 3. The zero-order chi connectivity index (χ0) is 13.0. The minimum Gasteiger partial charge on any atom is -0.465 e. The standard InChI is InChI=1S/C12H19NO4/c1-4-17-12(16)9-10(14)8(5-7(2)3)6-13-11(9)15/h7-9H,4-6H2,1-3H3,(H,13,15). The van der Waals surface area contributed by atoms with Crippen LogP contribution in [0, 0.1) is 17.8 Å². The van der Waals surface area contributed by atoms with Crippen LogP contribution in [-0.4, -0.2) is 30.8 Å². The molecular formula is C12H19NO4. The second-order valence-corrected chi connectivity index (χ2v) is 4.66. The number of carbonyl (C=O) groups is 3. The van der Waals surface area contributed by atoms with Gasteiger partial charge < -0.3 is 10.1 Å². The molecule has 1 fully saturated rings. The van der Waals surface area contributed by atoms with Crippen LogP contribution in [0.2, 0.25) is 0 Å². The van der Waals surface area contributed by atoms with Crippen molar-refractivity contribution in [2.24, 2.45) is 17.8 Å². The van der Waals surface area contributed by atoms with E-state index in [-0.39, 0.29) is 18.3 Å². The Morgan fingerprint density at radius 3 is 2.65 bits per heavy atom. The van der Waals surface area contributed by atoms with Crippen LogP contribution in [0.15, 0.2) is 0 Å². The van der Waals surface area contributed by atoms with Crippen LogP contribution in [0.3, 0.4) is 0 Å². The number of Topliss-reactive ketones (excluding diaryl/α,β-unsaturated/α-hetero) is 1. The van der Waals surface area contributed by atoms with Crippen molar-refractivity contribution in [1.82, 2.24) is 5.32 Å². The van der Waals surface area contributed by atoms with E-state index in [2.05, 4.69) is 5.32 Å². The normalized spacial score (nSPS) is 24.7. The van der Waals surface area contributed by atoms with Crippen LogP contribution in [0.25, 0.3) is 0 Å². The Labute approximate surface area is 101 Å². The lowest BCUT2D eigenvalue weighted by Gasteiger charge is -2.27. The fourth-order valence-electron chi connectivity index (χ4n) is 2.01. The van der Waals surface area contributed by atoms with Crippen molar-refractivity contribution in [3.8, 4) is 0 Å². The van der Waals surface area contributed by atoms with E-state index in [1.807, 2.05) is 13.8 Å². The van der Waals surface area contributed by atoms with Crippen molar-refractivity contribution in [2.75, 3.05) is 13.2 Å². The van der Waals surface area contributed by atoms with Gasteiger partial charge in [0.1, 0.15) is 0 Å². The minimum atomic E-state index is -1.27. The number of nitrogens with one attached hydrogen (secondary N) is 1. The number of hydrogen-bond donors (Lipinski definition) is 1. The van der Waals surface area contributed by atoms with Gasteiger partial charge in [0.25, 0.3) is 0 Å². The van der Waals surface area contributed by atoms with Crippen LogP contribution in [-0.2, 0) is 19.1 Å². The van der Waals surface area contributed by atoms with Gasteiger partial charge in [-0.05, 0) is 19.3 Å². The minimum absolute atomic E-state index is 0.171. The Balaban J connectivity index is 2.76. The lowest BCUT2D eigenvalue weighted by molar-refractivity contribution is -0.158. The van der Waals surface area contributed by atoms with Crippen molar-refractivity contribution >= 4 is 17.7 Å². The highest BCUT2D eigenvalue weighted by molar-refractivity contribution is 6.18. The predicted octanol–water partition coefficient (Wildman–Crippen LogP) is 0.527. The molecule has 5 heteroatoms. The van der Waals surface area contributed by atoms with E-state index in [9.17, 15) is 14.4 Å². The highest BCUT2D eigenvalue weighted by atomic mass is 16.5. The molecule has 1 aliphatic heterocycles. The van der Waals surface area contributed by atoms with E-state index >= 15 is 0 Å². The Morgan fingerprint density at radius 1 is 1.47 bits per heavy atom. The fraction of sp³-hybridized carbons (Fsp3) is 0.750. The van der Waals surface area contributed by atoms with Gasteiger partial charge in [-0.1, -0.05) is 13.8 Å². The summed E-state index contributed by atoms with van der Waals surface area (Å²) in [6.45, 7) is 6.15. The summed E-state index contributed by atoms with van der Waals surface area (Å²) in [5.74, 6) is -2.77. The number of rotatable bonds is 4. The van der Waals surface area contributed by atoms with E-state index in [1.165, 1.54) is 0 Å². The maximum Gasteiger partial charge on any atom is 0.326 e. The van der Waals surface area contributed by atoms with Crippen molar-refractivity contribution in [3.63, 3.8) is 0 Å².